The topological polar surface area (TPSA) is 94.9 Å². The third-order valence-electron chi connectivity index (χ3n) is 2.05. The molecule has 0 heterocycles. The molecular weight excluding hydrogens is 238 g/mol. The highest BCUT2D eigenvalue weighted by Gasteiger charge is 2.23. The minimum Gasteiger partial charge on any atom is -0.478 e. The minimum atomic E-state index is -1.49. The zero-order valence-electron chi connectivity index (χ0n) is 9.53. The van der Waals surface area contributed by atoms with Crippen LogP contribution in [0.5, 0.6) is 0 Å². The van der Waals surface area contributed by atoms with Gasteiger partial charge in [0.15, 0.2) is 0 Å². The molecule has 2 N–H and O–H groups in total. The molecule has 0 saturated heterocycles. The van der Waals surface area contributed by atoms with Crippen molar-refractivity contribution in [3.8, 4) is 0 Å². The average molecular weight is 249 g/mol. The molecule has 1 rings (SSSR count). The van der Waals surface area contributed by atoms with Crippen LogP contribution in [0, 0.1) is 0 Å². The van der Waals surface area contributed by atoms with Gasteiger partial charge in [-0.3, -0.25) is 9.69 Å². The average Bonchev–Trinajstić information content (AvgIpc) is 2.28. The van der Waals surface area contributed by atoms with E-state index in [9.17, 15) is 14.4 Å². The first-order valence-corrected chi connectivity index (χ1v) is 4.97. The maximum Gasteiger partial charge on any atom is 0.353 e. The number of carbonyl (C=O) groups is 3. The number of hydrogen-bond donors (Lipinski definition) is 2. The monoisotopic (exact) mass is 249 g/mol. The van der Waals surface area contributed by atoms with Gasteiger partial charge in [-0.2, -0.15) is 0 Å². The first-order valence-electron chi connectivity index (χ1n) is 4.97. The fraction of sp³-hybridized carbons (Fsp3) is 0.0833. The van der Waals surface area contributed by atoms with E-state index in [-0.39, 0.29) is 0 Å². The van der Waals surface area contributed by atoms with Crippen LogP contribution in [0.25, 0.3) is 0 Å². The van der Waals surface area contributed by atoms with E-state index in [0.29, 0.717) is 11.8 Å². The molecule has 0 aliphatic carbocycles. The highest BCUT2D eigenvalue weighted by molar-refractivity contribution is 6.07. The lowest BCUT2D eigenvalue weighted by Gasteiger charge is -2.21. The van der Waals surface area contributed by atoms with E-state index in [4.69, 9.17) is 10.2 Å². The quantitative estimate of drug-likeness (QED) is 0.779. The largest absolute Gasteiger partial charge is 0.478 e. The van der Waals surface area contributed by atoms with Crippen LogP contribution in [-0.2, 0) is 14.4 Å². The zero-order chi connectivity index (χ0) is 13.7. The van der Waals surface area contributed by atoms with Crippen LogP contribution < -0.4 is 4.90 Å². The van der Waals surface area contributed by atoms with Crippen LogP contribution in [0.1, 0.15) is 6.92 Å². The lowest BCUT2D eigenvalue weighted by atomic mass is 10.2. The minimum absolute atomic E-state index is 0.292. The van der Waals surface area contributed by atoms with Gasteiger partial charge < -0.3 is 10.2 Å². The molecule has 18 heavy (non-hydrogen) atoms. The molecule has 0 aliphatic heterocycles. The molecule has 6 nitrogen and oxygen atoms in total. The molecule has 0 spiro atoms. The molecule has 0 bridgehead atoms. The summed E-state index contributed by atoms with van der Waals surface area (Å²) in [6.45, 7) is 1.16. The number of carbonyl (C=O) groups excluding carboxylic acids is 1. The number of anilines is 1. The normalized spacial score (nSPS) is 10.8. The van der Waals surface area contributed by atoms with Gasteiger partial charge in [0.2, 0.25) is 5.91 Å². The number of carboxylic acids is 2. The lowest BCUT2D eigenvalue weighted by Crippen LogP contribution is -2.32. The van der Waals surface area contributed by atoms with Crippen LogP contribution in [0.15, 0.2) is 42.1 Å². The second-order valence-electron chi connectivity index (χ2n) is 3.36. The van der Waals surface area contributed by atoms with Crippen LogP contribution in [0.3, 0.4) is 0 Å². The van der Waals surface area contributed by atoms with E-state index in [2.05, 4.69) is 0 Å². The zero-order valence-corrected chi connectivity index (χ0v) is 9.53. The number of hydrogen-bond acceptors (Lipinski definition) is 3. The first kappa shape index (κ1) is 13.4. The standard InChI is InChI=1S/C12H11NO5/c1-8(14)13(9-5-3-2-4-6-9)10(12(17)18)7-11(15)16/h2-7H,1H3,(H,15,16)(H,17,18). The Morgan fingerprint density at radius 2 is 1.67 bits per heavy atom. The maximum absolute atomic E-state index is 11.5. The summed E-state index contributed by atoms with van der Waals surface area (Å²) in [4.78, 5) is 34.0. The summed E-state index contributed by atoms with van der Waals surface area (Å²) < 4.78 is 0. The molecule has 0 aromatic heterocycles. The Hall–Kier alpha value is -2.63. The summed E-state index contributed by atoms with van der Waals surface area (Å²) in [5, 5.41) is 17.6. The van der Waals surface area contributed by atoms with Crippen molar-refractivity contribution in [2.24, 2.45) is 0 Å². The second kappa shape index (κ2) is 5.62. The molecule has 0 unspecified atom stereocenters. The fourth-order valence-electron chi connectivity index (χ4n) is 1.41. The van der Waals surface area contributed by atoms with Crippen molar-refractivity contribution >= 4 is 23.5 Å². The van der Waals surface area contributed by atoms with E-state index in [1.165, 1.54) is 12.1 Å². The molecule has 0 saturated carbocycles. The van der Waals surface area contributed by atoms with Crippen molar-refractivity contribution < 1.29 is 24.6 Å². The van der Waals surface area contributed by atoms with Crippen LogP contribution in [-0.4, -0.2) is 28.1 Å². The molecule has 0 aliphatic rings. The molecule has 1 aromatic carbocycles. The van der Waals surface area contributed by atoms with Crippen molar-refractivity contribution in [3.05, 3.63) is 42.1 Å². The van der Waals surface area contributed by atoms with E-state index < -0.39 is 23.5 Å². The van der Waals surface area contributed by atoms with Gasteiger partial charge in [0.25, 0.3) is 0 Å². The van der Waals surface area contributed by atoms with E-state index in [1.54, 1.807) is 18.2 Å². The smallest absolute Gasteiger partial charge is 0.353 e. The summed E-state index contributed by atoms with van der Waals surface area (Å²) in [6, 6.07) is 7.96. The summed E-state index contributed by atoms with van der Waals surface area (Å²) in [6.07, 6.45) is 0.483. The number of aliphatic carboxylic acids is 2. The third kappa shape index (κ3) is 3.18. The number of amides is 1. The number of carboxylic acid groups (broad SMARTS) is 2. The summed E-state index contributed by atoms with van der Waals surface area (Å²) in [7, 11) is 0. The molecule has 1 aromatic rings. The third-order valence-corrected chi connectivity index (χ3v) is 2.05. The summed E-state index contributed by atoms with van der Waals surface area (Å²) >= 11 is 0. The van der Waals surface area contributed by atoms with E-state index in [1.807, 2.05) is 0 Å². The fourth-order valence-corrected chi connectivity index (χ4v) is 1.41. The van der Waals surface area contributed by atoms with Gasteiger partial charge in [0.05, 0.1) is 6.08 Å². The van der Waals surface area contributed by atoms with Gasteiger partial charge in [-0.1, -0.05) is 18.2 Å². The molecule has 6 heteroatoms. The molecule has 0 radical (unpaired) electrons. The van der Waals surface area contributed by atoms with Crippen LogP contribution in [0.2, 0.25) is 0 Å². The van der Waals surface area contributed by atoms with Gasteiger partial charge >= 0.3 is 11.9 Å². The van der Waals surface area contributed by atoms with Gasteiger partial charge in [0, 0.05) is 12.6 Å². The SMILES string of the molecule is CC(=O)N(C(=CC(=O)O)C(=O)O)c1ccccc1. The number of rotatable bonds is 4. The van der Waals surface area contributed by atoms with Crippen molar-refractivity contribution in [2.75, 3.05) is 4.90 Å². The highest BCUT2D eigenvalue weighted by Crippen LogP contribution is 2.19. The van der Waals surface area contributed by atoms with Crippen molar-refractivity contribution in [1.29, 1.82) is 0 Å². The van der Waals surface area contributed by atoms with Crippen LogP contribution in [0.4, 0.5) is 5.69 Å². The highest BCUT2D eigenvalue weighted by atomic mass is 16.4. The van der Waals surface area contributed by atoms with E-state index >= 15 is 0 Å². The molecule has 0 atom stereocenters. The Morgan fingerprint density at radius 3 is 2.06 bits per heavy atom. The molecular formula is C12H11NO5. The molecule has 0 fully saturated rings. The summed E-state index contributed by atoms with van der Waals surface area (Å²) in [5.41, 5.74) is -0.318. The molecule has 94 valence electrons. The van der Waals surface area contributed by atoms with Gasteiger partial charge in [0.1, 0.15) is 5.70 Å². The Morgan fingerprint density at radius 1 is 1.11 bits per heavy atom. The Bertz CT molecular complexity index is 506. The summed E-state index contributed by atoms with van der Waals surface area (Å²) in [5.74, 6) is -3.51. The lowest BCUT2D eigenvalue weighted by molar-refractivity contribution is -0.135. The van der Waals surface area contributed by atoms with Gasteiger partial charge in [-0.15, -0.1) is 0 Å². The molecule has 1 amide bonds. The van der Waals surface area contributed by atoms with Crippen molar-refractivity contribution in [1.82, 2.24) is 0 Å². The number of nitrogens with zero attached hydrogens (tertiary/aromatic N) is 1. The van der Waals surface area contributed by atoms with E-state index in [0.717, 1.165) is 11.8 Å². The van der Waals surface area contributed by atoms with Gasteiger partial charge in [-0.25, -0.2) is 9.59 Å². The Balaban J connectivity index is 3.31. The Labute approximate surface area is 103 Å². The number of para-hydroxylation sites is 1. The predicted molar refractivity (Wildman–Crippen MR) is 63.0 cm³/mol. The van der Waals surface area contributed by atoms with Crippen molar-refractivity contribution in [3.63, 3.8) is 0 Å². The Kier molecular flexibility index (Phi) is 4.20. The first-order chi connectivity index (χ1) is 8.43. The van der Waals surface area contributed by atoms with Crippen LogP contribution >= 0.6 is 0 Å². The van der Waals surface area contributed by atoms with Gasteiger partial charge in [-0.05, 0) is 12.1 Å². The second-order valence-corrected chi connectivity index (χ2v) is 3.36. The predicted octanol–water partition coefficient (Wildman–Crippen LogP) is 1.09. The maximum atomic E-state index is 11.5. The van der Waals surface area contributed by atoms with Crippen molar-refractivity contribution in [2.45, 2.75) is 6.92 Å². The number of benzene rings is 1.